The second-order valence-electron chi connectivity index (χ2n) is 7.44. The van der Waals surface area contributed by atoms with Crippen LogP contribution in [0.3, 0.4) is 0 Å². The Kier molecular flexibility index (Phi) is 6.00. The Hall–Kier alpha value is -2.60. The summed E-state index contributed by atoms with van der Waals surface area (Å²) in [5, 5.41) is 5.59. The van der Waals surface area contributed by atoms with Crippen LogP contribution in [0.1, 0.15) is 19.8 Å². The molecular weight excluding hydrogens is 369 g/mol. The van der Waals surface area contributed by atoms with Gasteiger partial charge < -0.3 is 19.7 Å². The quantitative estimate of drug-likeness (QED) is 0.443. The molecule has 1 saturated heterocycles. The van der Waals surface area contributed by atoms with E-state index in [1.807, 2.05) is 30.3 Å². The molecule has 1 atom stereocenters. The molecule has 1 fully saturated rings. The Morgan fingerprint density at radius 2 is 2.03 bits per heavy atom. The first kappa shape index (κ1) is 19.7. The predicted octanol–water partition coefficient (Wildman–Crippen LogP) is 4.64. The molecule has 0 bridgehead atoms. The minimum absolute atomic E-state index is 0.545. The Bertz CT molecular complexity index is 995. The number of anilines is 1. The van der Waals surface area contributed by atoms with Gasteiger partial charge in [-0.2, -0.15) is 0 Å². The average molecular weight is 397 g/mol. The van der Waals surface area contributed by atoms with Crippen molar-refractivity contribution >= 4 is 27.5 Å². The predicted molar refractivity (Wildman–Crippen MR) is 116 cm³/mol. The molecule has 0 spiro atoms. The van der Waals surface area contributed by atoms with Gasteiger partial charge in [0.1, 0.15) is 6.17 Å². The van der Waals surface area contributed by atoms with Crippen molar-refractivity contribution in [2.45, 2.75) is 25.9 Å². The SMILES string of the molecule is CCNc1c2ccccc2nc2cc(OCCCN3CC[C@H](F)C3)c(OC)cc12. The number of aromatic nitrogens is 1. The zero-order valence-electron chi connectivity index (χ0n) is 17.1. The summed E-state index contributed by atoms with van der Waals surface area (Å²) in [4.78, 5) is 6.99. The van der Waals surface area contributed by atoms with Gasteiger partial charge in [0.2, 0.25) is 0 Å². The highest BCUT2D eigenvalue weighted by Gasteiger charge is 2.21. The van der Waals surface area contributed by atoms with Gasteiger partial charge >= 0.3 is 0 Å². The number of hydrogen-bond acceptors (Lipinski definition) is 5. The third kappa shape index (κ3) is 4.22. The molecule has 0 aliphatic carbocycles. The molecule has 1 N–H and O–H groups in total. The second kappa shape index (κ2) is 8.82. The molecule has 1 aliphatic rings. The van der Waals surface area contributed by atoms with Gasteiger partial charge in [0.25, 0.3) is 0 Å². The van der Waals surface area contributed by atoms with Crippen LogP contribution in [-0.4, -0.2) is 56.0 Å². The molecule has 6 heteroatoms. The van der Waals surface area contributed by atoms with Crippen molar-refractivity contribution in [2.24, 2.45) is 0 Å². The largest absolute Gasteiger partial charge is 0.493 e. The van der Waals surface area contributed by atoms with E-state index < -0.39 is 6.17 Å². The zero-order chi connectivity index (χ0) is 20.2. The number of halogens is 1. The lowest BCUT2D eigenvalue weighted by Crippen LogP contribution is -2.23. The second-order valence-corrected chi connectivity index (χ2v) is 7.44. The molecule has 3 aromatic rings. The van der Waals surface area contributed by atoms with E-state index in [4.69, 9.17) is 14.5 Å². The van der Waals surface area contributed by atoms with Crippen LogP contribution in [0.15, 0.2) is 36.4 Å². The number of hydrogen-bond donors (Lipinski definition) is 1. The number of benzene rings is 2. The summed E-state index contributed by atoms with van der Waals surface area (Å²) in [6, 6.07) is 12.1. The molecule has 0 saturated carbocycles. The van der Waals surface area contributed by atoms with Crippen molar-refractivity contribution in [3.05, 3.63) is 36.4 Å². The molecule has 5 nitrogen and oxygen atoms in total. The van der Waals surface area contributed by atoms with Crippen molar-refractivity contribution in [3.63, 3.8) is 0 Å². The topological polar surface area (TPSA) is 46.6 Å². The lowest BCUT2D eigenvalue weighted by Gasteiger charge is -2.17. The maximum Gasteiger partial charge on any atom is 0.163 e. The maximum absolute atomic E-state index is 13.3. The van der Waals surface area contributed by atoms with Crippen LogP contribution >= 0.6 is 0 Å². The Morgan fingerprint density at radius 1 is 1.17 bits per heavy atom. The summed E-state index contributed by atoms with van der Waals surface area (Å²) in [5.74, 6) is 1.38. The third-order valence-corrected chi connectivity index (χ3v) is 5.41. The van der Waals surface area contributed by atoms with Crippen LogP contribution in [0.4, 0.5) is 10.1 Å². The molecule has 1 aliphatic heterocycles. The van der Waals surface area contributed by atoms with E-state index in [9.17, 15) is 4.39 Å². The summed E-state index contributed by atoms with van der Waals surface area (Å²) >= 11 is 0. The standard InChI is InChI=1S/C23H28FN3O2/c1-3-25-23-17-7-4-5-8-19(17)26-20-14-22(21(28-2)13-18(20)23)29-12-6-10-27-11-9-16(24)15-27/h4-5,7-8,13-14,16H,3,6,9-12,15H2,1-2H3,(H,25,26)/t16-/m0/s1. The minimum Gasteiger partial charge on any atom is -0.493 e. The first-order valence-corrected chi connectivity index (χ1v) is 10.3. The monoisotopic (exact) mass is 397 g/mol. The summed E-state index contributed by atoms with van der Waals surface area (Å²) in [7, 11) is 1.65. The number of nitrogens with zero attached hydrogens (tertiary/aromatic N) is 2. The summed E-state index contributed by atoms with van der Waals surface area (Å²) < 4.78 is 24.9. The van der Waals surface area contributed by atoms with E-state index in [1.165, 1.54) is 0 Å². The molecule has 4 rings (SSSR count). The first-order chi connectivity index (χ1) is 14.2. The number of nitrogens with one attached hydrogen (secondary N) is 1. The minimum atomic E-state index is -0.677. The molecule has 2 heterocycles. The summed E-state index contributed by atoms with van der Waals surface area (Å²) in [5.41, 5.74) is 2.88. The zero-order valence-corrected chi connectivity index (χ0v) is 17.1. The highest BCUT2D eigenvalue weighted by molar-refractivity contribution is 6.08. The van der Waals surface area contributed by atoms with Gasteiger partial charge in [-0.05, 0) is 31.9 Å². The Balaban J connectivity index is 1.58. The van der Waals surface area contributed by atoms with Gasteiger partial charge in [-0.15, -0.1) is 0 Å². The summed E-state index contributed by atoms with van der Waals surface area (Å²) in [6.07, 6.45) is 0.817. The molecule has 0 amide bonds. The fourth-order valence-corrected chi connectivity index (χ4v) is 4.00. The van der Waals surface area contributed by atoms with Crippen molar-refractivity contribution in [1.82, 2.24) is 9.88 Å². The number of alkyl halides is 1. The van der Waals surface area contributed by atoms with E-state index in [0.717, 1.165) is 53.5 Å². The van der Waals surface area contributed by atoms with Gasteiger partial charge in [0, 0.05) is 43.0 Å². The molecular formula is C23H28FN3O2. The molecule has 154 valence electrons. The number of ether oxygens (including phenoxy) is 2. The highest BCUT2D eigenvalue weighted by Crippen LogP contribution is 2.38. The highest BCUT2D eigenvalue weighted by atomic mass is 19.1. The van der Waals surface area contributed by atoms with Crippen molar-refractivity contribution < 1.29 is 13.9 Å². The van der Waals surface area contributed by atoms with Crippen LogP contribution in [0.5, 0.6) is 11.5 Å². The number of rotatable bonds is 8. The molecule has 0 unspecified atom stereocenters. The van der Waals surface area contributed by atoms with Crippen molar-refractivity contribution in [1.29, 1.82) is 0 Å². The van der Waals surface area contributed by atoms with Crippen LogP contribution in [-0.2, 0) is 0 Å². The molecule has 2 aromatic carbocycles. The van der Waals surface area contributed by atoms with Gasteiger partial charge in [-0.25, -0.2) is 9.37 Å². The molecule has 0 radical (unpaired) electrons. The summed E-state index contributed by atoms with van der Waals surface area (Å²) in [6.45, 7) is 5.70. The van der Waals surface area contributed by atoms with Gasteiger partial charge in [0.15, 0.2) is 11.5 Å². The molecule has 29 heavy (non-hydrogen) atoms. The van der Waals surface area contributed by atoms with Crippen molar-refractivity contribution in [2.75, 3.05) is 45.2 Å². The van der Waals surface area contributed by atoms with Gasteiger partial charge in [-0.3, -0.25) is 0 Å². The van der Waals surface area contributed by atoms with E-state index in [0.29, 0.717) is 31.1 Å². The first-order valence-electron chi connectivity index (χ1n) is 10.3. The lowest BCUT2D eigenvalue weighted by atomic mass is 10.1. The van der Waals surface area contributed by atoms with Gasteiger partial charge in [0.05, 0.1) is 30.4 Å². The number of likely N-dealkylation sites (tertiary alicyclic amines) is 1. The number of pyridine rings is 1. The van der Waals surface area contributed by atoms with Crippen molar-refractivity contribution in [3.8, 4) is 11.5 Å². The normalized spacial score (nSPS) is 17.1. The fourth-order valence-electron chi connectivity index (χ4n) is 4.00. The Morgan fingerprint density at radius 3 is 2.79 bits per heavy atom. The van der Waals surface area contributed by atoms with Crippen LogP contribution < -0.4 is 14.8 Å². The van der Waals surface area contributed by atoms with Crippen LogP contribution in [0.2, 0.25) is 0 Å². The smallest absolute Gasteiger partial charge is 0.163 e. The number of para-hydroxylation sites is 1. The van der Waals surface area contributed by atoms with Crippen LogP contribution in [0, 0.1) is 0 Å². The van der Waals surface area contributed by atoms with E-state index >= 15 is 0 Å². The average Bonchev–Trinajstić information content (AvgIpc) is 3.15. The van der Waals surface area contributed by atoms with E-state index in [1.54, 1.807) is 7.11 Å². The molecule has 1 aromatic heterocycles. The number of methoxy groups -OCH3 is 1. The van der Waals surface area contributed by atoms with E-state index in [2.05, 4.69) is 23.2 Å². The Labute approximate surface area is 170 Å². The lowest BCUT2D eigenvalue weighted by molar-refractivity contribution is 0.243. The van der Waals surface area contributed by atoms with Crippen LogP contribution in [0.25, 0.3) is 21.8 Å². The van der Waals surface area contributed by atoms with E-state index in [-0.39, 0.29) is 0 Å². The van der Waals surface area contributed by atoms with Gasteiger partial charge in [-0.1, -0.05) is 18.2 Å². The fraction of sp³-hybridized carbons (Fsp3) is 0.435. The maximum atomic E-state index is 13.3. The number of fused-ring (bicyclic) bond motifs is 2. The third-order valence-electron chi connectivity index (χ3n) is 5.41.